The highest BCUT2D eigenvalue weighted by atomic mass is 35.5. The Morgan fingerprint density at radius 1 is 0.974 bits per heavy atom. The fourth-order valence-corrected chi connectivity index (χ4v) is 4.46. The van der Waals surface area contributed by atoms with E-state index in [1.165, 1.54) is 6.92 Å². The van der Waals surface area contributed by atoms with E-state index in [0.717, 1.165) is 0 Å². The zero-order valence-electron chi connectivity index (χ0n) is 23.0. The van der Waals surface area contributed by atoms with E-state index >= 15 is 0 Å². The SMILES string of the molecule is CC(=O)c1noc(C2[C@@H](C)[C@H]2C)n1.CCOC(=O)/C(N)=N\O.C[C@@H]1C(C(=O)Cl)[C@@H]1C.C[C@@H]1C(C(=O)O)[C@@H]1C. The maximum absolute atomic E-state index is 10.9. The molecule has 3 saturated carbocycles. The number of amidine groups is 1. The van der Waals surface area contributed by atoms with Crippen LogP contribution in [0.5, 0.6) is 0 Å². The lowest BCUT2D eigenvalue weighted by Crippen LogP contribution is -2.25. The van der Waals surface area contributed by atoms with Gasteiger partial charge in [-0.15, -0.1) is 0 Å². The summed E-state index contributed by atoms with van der Waals surface area (Å²) in [6.45, 7) is 15.6. The number of carbonyl (C=O) groups excluding carboxylic acids is 3. The molecule has 1 aromatic rings. The van der Waals surface area contributed by atoms with Crippen LogP contribution in [0.4, 0.5) is 0 Å². The van der Waals surface area contributed by atoms with Crippen LogP contribution in [0.3, 0.4) is 0 Å². The molecule has 214 valence electrons. The van der Waals surface area contributed by atoms with Crippen molar-refractivity contribution in [3.8, 4) is 0 Å². The van der Waals surface area contributed by atoms with Gasteiger partial charge >= 0.3 is 11.9 Å². The molecule has 0 spiro atoms. The first-order valence-electron chi connectivity index (χ1n) is 12.5. The smallest absolute Gasteiger partial charge is 0.377 e. The van der Waals surface area contributed by atoms with E-state index in [0.29, 0.717) is 47.3 Å². The largest absolute Gasteiger partial charge is 0.481 e. The summed E-state index contributed by atoms with van der Waals surface area (Å²) < 4.78 is 9.35. The Hall–Kier alpha value is -3.02. The Labute approximate surface area is 227 Å². The van der Waals surface area contributed by atoms with Gasteiger partial charge in [0.15, 0.2) is 0 Å². The standard InChI is InChI=1S/C9H12N2O2.C6H9ClO.C6H10O2.C4H8N2O3/c1-4-5(2)7(4)9-10-8(6(3)12)11-13-9;2*1-3-4(2)5(3)6(7)8;1-2-9-4(7)3(5)6-8/h4-5,7H,1-3H3;3-5H,1-2H3;3-5H,1-2H3,(H,7,8);8H,2H2,1H3,(H2,5,6)/t4-,5+,7?;2*3-,4+,5?;. The number of ether oxygens (including phenoxy) is 1. The third kappa shape index (κ3) is 9.07. The number of Topliss-reactive ketones (excluding diaryl/α,β-unsaturated/α-hetero) is 1. The molecule has 12 nitrogen and oxygen atoms in total. The quantitative estimate of drug-likeness (QED) is 0.0908. The molecule has 3 aliphatic carbocycles. The molecule has 9 atom stereocenters. The van der Waals surface area contributed by atoms with Crippen LogP contribution < -0.4 is 5.73 Å². The van der Waals surface area contributed by atoms with Gasteiger partial charge < -0.3 is 25.3 Å². The van der Waals surface area contributed by atoms with Crippen LogP contribution in [0.25, 0.3) is 0 Å². The monoisotopic (exact) mass is 558 g/mol. The number of hydrogen-bond acceptors (Lipinski definition) is 10. The van der Waals surface area contributed by atoms with Crippen LogP contribution >= 0.6 is 11.6 Å². The average molecular weight is 559 g/mol. The third-order valence-electron chi connectivity index (χ3n) is 7.65. The molecule has 1 aromatic heterocycles. The minimum Gasteiger partial charge on any atom is -0.481 e. The second-order valence-corrected chi connectivity index (χ2v) is 10.5. The fraction of sp³-hybridized carbons (Fsp3) is 0.720. The molecule has 0 radical (unpaired) electrons. The highest BCUT2D eigenvalue weighted by Gasteiger charge is 2.49. The van der Waals surface area contributed by atoms with Crippen molar-refractivity contribution in [2.24, 2.45) is 58.2 Å². The Morgan fingerprint density at radius 3 is 1.66 bits per heavy atom. The first-order chi connectivity index (χ1) is 17.6. The molecule has 3 fully saturated rings. The summed E-state index contributed by atoms with van der Waals surface area (Å²) in [6.07, 6.45) is 0. The maximum Gasteiger partial charge on any atom is 0.377 e. The van der Waals surface area contributed by atoms with Crippen LogP contribution in [0.1, 0.15) is 77.8 Å². The molecule has 1 heterocycles. The molecule has 3 unspecified atom stereocenters. The number of hydrogen-bond donors (Lipinski definition) is 3. The van der Waals surface area contributed by atoms with E-state index in [4.69, 9.17) is 32.2 Å². The van der Waals surface area contributed by atoms with Crippen molar-refractivity contribution in [2.75, 3.05) is 6.61 Å². The number of ketones is 1. The van der Waals surface area contributed by atoms with Gasteiger partial charge in [0.2, 0.25) is 28.6 Å². The zero-order chi connectivity index (χ0) is 29.5. The predicted octanol–water partition coefficient (Wildman–Crippen LogP) is 3.56. The molecule has 0 saturated heterocycles. The molecular weight excluding hydrogens is 520 g/mol. The first-order valence-corrected chi connectivity index (χ1v) is 12.9. The van der Waals surface area contributed by atoms with Crippen LogP contribution in [0, 0.1) is 47.3 Å². The van der Waals surface area contributed by atoms with Crippen LogP contribution in [0.2, 0.25) is 0 Å². The number of carbonyl (C=O) groups is 4. The summed E-state index contributed by atoms with van der Waals surface area (Å²) in [4.78, 5) is 45.8. The number of oxime groups is 1. The summed E-state index contributed by atoms with van der Waals surface area (Å²) in [5.41, 5.74) is 4.83. The van der Waals surface area contributed by atoms with E-state index < -0.39 is 17.8 Å². The first kappa shape index (κ1) is 33.0. The van der Waals surface area contributed by atoms with Gasteiger partial charge in [0, 0.05) is 18.8 Å². The molecule has 0 aromatic carbocycles. The number of aliphatic carboxylic acids is 1. The zero-order valence-corrected chi connectivity index (χ0v) is 23.8. The molecule has 0 aliphatic heterocycles. The second kappa shape index (κ2) is 14.2. The number of aromatic nitrogens is 2. The molecule has 13 heteroatoms. The number of rotatable bonds is 5. The molecular formula is C25H39ClN4O8. The normalized spacial score (nSPS) is 32.0. The predicted molar refractivity (Wildman–Crippen MR) is 138 cm³/mol. The van der Waals surface area contributed by atoms with Crippen LogP contribution in [-0.4, -0.2) is 55.9 Å². The fourth-order valence-electron chi connectivity index (χ4n) is 4.06. The van der Waals surface area contributed by atoms with Crippen molar-refractivity contribution in [1.29, 1.82) is 0 Å². The average Bonchev–Trinajstić information content (AvgIpc) is 3.70. The van der Waals surface area contributed by atoms with Crippen molar-refractivity contribution >= 4 is 40.4 Å². The summed E-state index contributed by atoms with van der Waals surface area (Å²) in [5.74, 6) is 2.25. The van der Waals surface area contributed by atoms with Gasteiger partial charge in [0.1, 0.15) is 0 Å². The molecule has 4 N–H and O–H groups in total. The number of nitrogens with two attached hydrogens (primary N) is 1. The number of carboxylic acid groups (broad SMARTS) is 1. The van der Waals surface area contributed by atoms with Gasteiger partial charge in [-0.3, -0.25) is 14.4 Å². The van der Waals surface area contributed by atoms with E-state index in [9.17, 15) is 19.2 Å². The summed E-state index contributed by atoms with van der Waals surface area (Å²) >= 11 is 5.23. The minimum absolute atomic E-state index is 0.0463. The van der Waals surface area contributed by atoms with Crippen molar-refractivity contribution in [1.82, 2.24) is 10.1 Å². The van der Waals surface area contributed by atoms with Gasteiger partial charge in [-0.2, -0.15) is 4.98 Å². The highest BCUT2D eigenvalue weighted by Crippen LogP contribution is 2.52. The second-order valence-electron chi connectivity index (χ2n) is 10.1. The Bertz CT molecular complexity index is 975. The van der Waals surface area contributed by atoms with Crippen molar-refractivity contribution < 1.29 is 38.8 Å². The Kier molecular flexibility index (Phi) is 12.4. The van der Waals surface area contributed by atoms with E-state index in [-0.39, 0.29) is 35.3 Å². The van der Waals surface area contributed by atoms with Gasteiger partial charge in [-0.25, -0.2) is 4.79 Å². The topological polar surface area (TPSA) is 195 Å². The Balaban J connectivity index is 0.000000260. The summed E-state index contributed by atoms with van der Waals surface area (Å²) in [7, 11) is 0. The van der Waals surface area contributed by atoms with Gasteiger partial charge in [0.25, 0.3) is 0 Å². The van der Waals surface area contributed by atoms with Gasteiger partial charge in [0.05, 0.1) is 12.5 Å². The lowest BCUT2D eigenvalue weighted by molar-refractivity contribution is -0.139. The van der Waals surface area contributed by atoms with Crippen molar-refractivity contribution in [2.45, 2.75) is 61.3 Å². The molecule has 3 aliphatic rings. The Morgan fingerprint density at radius 2 is 1.45 bits per heavy atom. The highest BCUT2D eigenvalue weighted by molar-refractivity contribution is 6.64. The maximum atomic E-state index is 10.9. The lowest BCUT2D eigenvalue weighted by atomic mass is 10.3. The molecule has 4 rings (SSSR count). The van der Waals surface area contributed by atoms with Crippen LogP contribution in [0.15, 0.2) is 9.68 Å². The van der Waals surface area contributed by atoms with E-state index in [1.54, 1.807) is 6.92 Å². The summed E-state index contributed by atoms with van der Waals surface area (Å²) in [6, 6.07) is 0. The molecule has 0 bridgehead atoms. The van der Waals surface area contributed by atoms with Crippen molar-refractivity contribution in [3.05, 3.63) is 11.7 Å². The van der Waals surface area contributed by atoms with Gasteiger partial charge in [-0.05, 0) is 54.0 Å². The molecule has 0 amide bonds. The van der Waals surface area contributed by atoms with E-state index in [1.807, 2.05) is 13.8 Å². The number of esters is 1. The lowest BCUT2D eigenvalue weighted by Gasteiger charge is -1.96. The number of nitrogens with zero attached hydrogens (tertiary/aromatic N) is 3. The molecule has 38 heavy (non-hydrogen) atoms. The van der Waals surface area contributed by atoms with E-state index in [2.05, 4.69) is 47.7 Å². The third-order valence-corrected chi connectivity index (χ3v) is 7.90. The minimum atomic E-state index is -0.806. The van der Waals surface area contributed by atoms with Gasteiger partial charge in [-0.1, -0.05) is 51.9 Å². The number of carboxylic acids is 1. The van der Waals surface area contributed by atoms with Crippen molar-refractivity contribution in [3.63, 3.8) is 0 Å². The number of halogens is 1. The summed E-state index contributed by atoms with van der Waals surface area (Å²) in [5, 5.41) is 22.2. The van der Waals surface area contributed by atoms with Crippen LogP contribution in [-0.2, 0) is 19.1 Å².